The molecular weight excluding hydrogens is 499 g/mol. The molecular formula is C24H24Cl2N2O3S2. The second-order valence-corrected chi connectivity index (χ2v) is 11.2. The summed E-state index contributed by atoms with van der Waals surface area (Å²) in [5, 5.41) is 3.95. The van der Waals surface area contributed by atoms with E-state index in [1.54, 1.807) is 23.9 Å². The van der Waals surface area contributed by atoms with Crippen LogP contribution < -0.4 is 9.62 Å². The molecule has 0 bridgehead atoms. The Bertz CT molecular complexity index is 1170. The lowest BCUT2D eigenvalue weighted by atomic mass is 10.2. The number of rotatable bonds is 10. The van der Waals surface area contributed by atoms with E-state index in [1.807, 2.05) is 43.3 Å². The molecule has 5 nitrogen and oxygen atoms in total. The summed E-state index contributed by atoms with van der Waals surface area (Å²) in [6.07, 6.45) is 0. The van der Waals surface area contributed by atoms with Crippen molar-refractivity contribution in [2.24, 2.45) is 0 Å². The Kier molecular flexibility index (Phi) is 9.09. The van der Waals surface area contributed by atoms with Gasteiger partial charge in [-0.2, -0.15) is 11.8 Å². The highest BCUT2D eigenvalue weighted by atomic mass is 35.5. The van der Waals surface area contributed by atoms with Crippen molar-refractivity contribution < 1.29 is 13.2 Å². The average Bonchev–Trinajstić information content (AvgIpc) is 2.79. The molecule has 0 spiro atoms. The number of halogens is 2. The number of nitrogens with one attached hydrogen (secondary N) is 1. The molecule has 0 aliphatic rings. The third kappa shape index (κ3) is 7.40. The van der Waals surface area contributed by atoms with Gasteiger partial charge in [0.15, 0.2) is 0 Å². The second kappa shape index (κ2) is 11.8. The normalized spacial score (nSPS) is 11.2. The topological polar surface area (TPSA) is 66.5 Å². The molecule has 1 amide bonds. The van der Waals surface area contributed by atoms with Crippen LogP contribution in [0.25, 0.3) is 0 Å². The van der Waals surface area contributed by atoms with Crippen molar-refractivity contribution in [3.05, 3.63) is 94.0 Å². The number of hydrogen-bond acceptors (Lipinski definition) is 4. The van der Waals surface area contributed by atoms with Crippen LogP contribution in [-0.4, -0.2) is 33.2 Å². The zero-order valence-corrected chi connectivity index (χ0v) is 21.1. The number of anilines is 1. The molecule has 3 aromatic carbocycles. The van der Waals surface area contributed by atoms with Crippen molar-refractivity contribution in [3.8, 4) is 0 Å². The van der Waals surface area contributed by atoms with Gasteiger partial charge in [0.1, 0.15) is 6.54 Å². The average molecular weight is 524 g/mol. The summed E-state index contributed by atoms with van der Waals surface area (Å²) in [6, 6.07) is 20.5. The number of aryl methyl sites for hydroxylation is 1. The van der Waals surface area contributed by atoms with Gasteiger partial charge >= 0.3 is 0 Å². The van der Waals surface area contributed by atoms with Gasteiger partial charge in [-0.15, -0.1) is 0 Å². The van der Waals surface area contributed by atoms with Gasteiger partial charge < -0.3 is 5.32 Å². The molecule has 174 valence electrons. The number of thioether (sulfide) groups is 1. The largest absolute Gasteiger partial charge is 0.354 e. The summed E-state index contributed by atoms with van der Waals surface area (Å²) < 4.78 is 27.7. The smallest absolute Gasteiger partial charge is 0.264 e. The molecule has 0 saturated carbocycles. The van der Waals surface area contributed by atoms with E-state index >= 15 is 0 Å². The number of carbonyl (C=O) groups is 1. The first-order valence-electron chi connectivity index (χ1n) is 10.2. The molecule has 0 aromatic heterocycles. The third-order valence-electron chi connectivity index (χ3n) is 4.76. The van der Waals surface area contributed by atoms with Crippen LogP contribution in [0.2, 0.25) is 10.0 Å². The lowest BCUT2D eigenvalue weighted by molar-refractivity contribution is -0.119. The van der Waals surface area contributed by atoms with Crippen LogP contribution in [0.3, 0.4) is 0 Å². The first kappa shape index (κ1) is 25.4. The number of hydrogen-bond donors (Lipinski definition) is 1. The highest BCUT2D eigenvalue weighted by Gasteiger charge is 2.27. The fraction of sp³-hybridized carbons (Fsp3) is 0.208. The maximum absolute atomic E-state index is 13.3. The number of carbonyl (C=O) groups excluding carboxylic acids is 1. The van der Waals surface area contributed by atoms with Gasteiger partial charge in [0.25, 0.3) is 10.0 Å². The molecule has 3 aromatic rings. The number of amides is 1. The van der Waals surface area contributed by atoms with Crippen LogP contribution in [0.4, 0.5) is 5.69 Å². The minimum atomic E-state index is -3.96. The van der Waals surface area contributed by atoms with Crippen LogP contribution in [0.1, 0.15) is 11.1 Å². The molecule has 0 saturated heterocycles. The van der Waals surface area contributed by atoms with E-state index in [-0.39, 0.29) is 17.3 Å². The molecule has 33 heavy (non-hydrogen) atoms. The van der Waals surface area contributed by atoms with Crippen LogP contribution in [0, 0.1) is 6.92 Å². The van der Waals surface area contributed by atoms with E-state index in [0.717, 1.165) is 21.2 Å². The fourth-order valence-electron chi connectivity index (χ4n) is 2.98. The quantitative estimate of drug-likeness (QED) is 0.354. The predicted octanol–water partition coefficient (Wildman–Crippen LogP) is 5.55. The van der Waals surface area contributed by atoms with Crippen LogP contribution in [0.15, 0.2) is 77.7 Å². The summed E-state index contributed by atoms with van der Waals surface area (Å²) in [6.45, 7) is 2.02. The Morgan fingerprint density at radius 1 is 0.909 bits per heavy atom. The monoisotopic (exact) mass is 522 g/mol. The lowest BCUT2D eigenvalue weighted by Gasteiger charge is -2.24. The van der Waals surface area contributed by atoms with Gasteiger partial charge in [-0.3, -0.25) is 9.10 Å². The van der Waals surface area contributed by atoms with Crippen LogP contribution in [0.5, 0.6) is 0 Å². The van der Waals surface area contributed by atoms with E-state index < -0.39 is 10.0 Å². The molecule has 0 atom stereocenters. The third-order valence-corrected chi connectivity index (χ3v) is 8.08. The van der Waals surface area contributed by atoms with Crippen molar-refractivity contribution in [2.45, 2.75) is 17.6 Å². The van der Waals surface area contributed by atoms with Gasteiger partial charge in [-0.05, 0) is 61.0 Å². The standard InChI is InChI=1S/C24H24Cl2N2O3S2/c1-18-2-10-22(11-3-18)28(33(30,31)23-12-8-21(26)9-13-23)16-24(29)27-14-15-32-17-19-4-6-20(25)7-5-19/h2-13H,14-17H2,1H3,(H,27,29). The van der Waals surface area contributed by atoms with Gasteiger partial charge in [-0.1, -0.05) is 53.0 Å². The number of sulfonamides is 1. The minimum Gasteiger partial charge on any atom is -0.354 e. The van der Waals surface area contributed by atoms with E-state index in [0.29, 0.717) is 28.0 Å². The molecule has 1 N–H and O–H groups in total. The molecule has 3 rings (SSSR count). The van der Waals surface area contributed by atoms with E-state index in [2.05, 4.69) is 5.32 Å². The van der Waals surface area contributed by atoms with Gasteiger partial charge in [-0.25, -0.2) is 8.42 Å². The van der Waals surface area contributed by atoms with Crippen molar-refractivity contribution >= 4 is 56.6 Å². The maximum Gasteiger partial charge on any atom is 0.264 e. The van der Waals surface area contributed by atoms with E-state index in [4.69, 9.17) is 23.2 Å². The molecule has 9 heteroatoms. The van der Waals surface area contributed by atoms with Crippen molar-refractivity contribution in [2.75, 3.05) is 23.1 Å². The van der Waals surface area contributed by atoms with Gasteiger partial charge in [0.2, 0.25) is 5.91 Å². The van der Waals surface area contributed by atoms with Gasteiger partial charge in [0, 0.05) is 28.1 Å². The molecule has 0 heterocycles. The Morgan fingerprint density at radius 3 is 2.09 bits per heavy atom. The summed E-state index contributed by atoms with van der Waals surface area (Å²) in [7, 11) is -3.96. The maximum atomic E-state index is 13.3. The Balaban J connectivity index is 1.63. The molecule has 0 unspecified atom stereocenters. The lowest BCUT2D eigenvalue weighted by Crippen LogP contribution is -2.41. The molecule has 0 fully saturated rings. The van der Waals surface area contributed by atoms with E-state index in [9.17, 15) is 13.2 Å². The predicted molar refractivity (Wildman–Crippen MR) is 138 cm³/mol. The fourth-order valence-corrected chi connectivity index (χ4v) is 5.47. The first-order chi connectivity index (χ1) is 15.8. The Hall–Kier alpha value is -2.19. The van der Waals surface area contributed by atoms with Crippen molar-refractivity contribution in [3.63, 3.8) is 0 Å². The summed E-state index contributed by atoms with van der Waals surface area (Å²) >= 11 is 13.5. The Morgan fingerprint density at radius 2 is 1.48 bits per heavy atom. The summed E-state index contributed by atoms with van der Waals surface area (Å²) in [5.41, 5.74) is 2.56. The highest BCUT2D eigenvalue weighted by molar-refractivity contribution is 7.98. The van der Waals surface area contributed by atoms with Crippen LogP contribution in [-0.2, 0) is 20.6 Å². The zero-order valence-electron chi connectivity index (χ0n) is 18.0. The molecule has 0 radical (unpaired) electrons. The summed E-state index contributed by atoms with van der Waals surface area (Å²) in [5.74, 6) is 1.12. The SMILES string of the molecule is Cc1ccc(N(CC(=O)NCCSCc2ccc(Cl)cc2)S(=O)(=O)c2ccc(Cl)cc2)cc1. The minimum absolute atomic E-state index is 0.0683. The van der Waals surface area contributed by atoms with E-state index in [1.165, 1.54) is 24.3 Å². The second-order valence-electron chi connectivity index (χ2n) is 7.33. The Labute approximate surface area is 209 Å². The summed E-state index contributed by atoms with van der Waals surface area (Å²) in [4.78, 5) is 12.7. The zero-order chi connectivity index (χ0) is 23.8. The molecule has 0 aliphatic heterocycles. The molecule has 0 aliphatic carbocycles. The van der Waals surface area contributed by atoms with Crippen molar-refractivity contribution in [1.82, 2.24) is 5.32 Å². The van der Waals surface area contributed by atoms with Gasteiger partial charge in [0.05, 0.1) is 10.6 Å². The highest BCUT2D eigenvalue weighted by Crippen LogP contribution is 2.25. The number of benzene rings is 3. The van der Waals surface area contributed by atoms with Crippen molar-refractivity contribution in [1.29, 1.82) is 0 Å². The number of nitrogens with zero attached hydrogens (tertiary/aromatic N) is 1. The van der Waals surface area contributed by atoms with Crippen LogP contribution >= 0.6 is 35.0 Å². The first-order valence-corrected chi connectivity index (χ1v) is 13.5.